The van der Waals surface area contributed by atoms with Gasteiger partial charge in [-0.3, -0.25) is 5.32 Å². The van der Waals surface area contributed by atoms with Gasteiger partial charge >= 0.3 is 5.97 Å². The lowest BCUT2D eigenvalue weighted by Gasteiger charge is -2.16. The molecule has 96 valence electrons. The van der Waals surface area contributed by atoms with Gasteiger partial charge in [0, 0.05) is 0 Å². The molecule has 0 amide bonds. The molecule has 1 aromatic carbocycles. The molecular formula is C14H17NO3. The number of carbonyl (C=O) groups excluding carboxylic acids is 1. The second-order valence-corrected chi connectivity index (χ2v) is 3.55. The van der Waals surface area contributed by atoms with Gasteiger partial charge in [-0.05, 0) is 24.6 Å². The van der Waals surface area contributed by atoms with E-state index in [1.807, 2.05) is 25.1 Å². The quantitative estimate of drug-likeness (QED) is 0.611. The van der Waals surface area contributed by atoms with Crippen molar-refractivity contribution in [3.8, 4) is 18.1 Å². The Morgan fingerprint density at radius 1 is 1.56 bits per heavy atom. The van der Waals surface area contributed by atoms with Crippen LogP contribution in [0.2, 0.25) is 0 Å². The maximum absolute atomic E-state index is 11.7. The van der Waals surface area contributed by atoms with Gasteiger partial charge in [0.1, 0.15) is 11.8 Å². The minimum atomic E-state index is -0.577. The molecule has 0 aliphatic carbocycles. The van der Waals surface area contributed by atoms with E-state index in [2.05, 4.69) is 11.2 Å². The lowest BCUT2D eigenvalue weighted by Crippen LogP contribution is -2.29. The molecular weight excluding hydrogens is 230 g/mol. The summed E-state index contributed by atoms with van der Waals surface area (Å²) in [6.45, 7) is 2.77. The third-order valence-electron chi connectivity index (χ3n) is 2.35. The predicted molar refractivity (Wildman–Crippen MR) is 69.2 cm³/mol. The van der Waals surface area contributed by atoms with E-state index in [-0.39, 0.29) is 5.97 Å². The number of carbonyl (C=O) groups is 1. The molecule has 0 aliphatic heterocycles. The standard InChI is InChI=1S/C14H17NO3/c1-4-9-15-13(14(16)17-3)11-7-6-8-12(10-11)18-5-2/h1,6-8,10,13,15H,5,9H2,2-3H3. The molecule has 1 rings (SSSR count). The number of nitrogens with one attached hydrogen (secondary N) is 1. The third-order valence-corrected chi connectivity index (χ3v) is 2.35. The van der Waals surface area contributed by atoms with Gasteiger partial charge in [0.25, 0.3) is 0 Å². The van der Waals surface area contributed by atoms with E-state index in [1.165, 1.54) is 7.11 Å². The first-order chi connectivity index (χ1) is 8.72. The zero-order valence-electron chi connectivity index (χ0n) is 10.6. The number of ether oxygens (including phenoxy) is 2. The Balaban J connectivity index is 2.93. The Kier molecular flexibility index (Phi) is 5.75. The Hall–Kier alpha value is -1.99. The first-order valence-corrected chi connectivity index (χ1v) is 5.70. The summed E-state index contributed by atoms with van der Waals surface area (Å²) in [6.07, 6.45) is 5.18. The second-order valence-electron chi connectivity index (χ2n) is 3.55. The van der Waals surface area contributed by atoms with E-state index < -0.39 is 6.04 Å². The van der Waals surface area contributed by atoms with Gasteiger partial charge < -0.3 is 9.47 Å². The third kappa shape index (κ3) is 3.79. The summed E-state index contributed by atoms with van der Waals surface area (Å²) < 4.78 is 10.1. The maximum Gasteiger partial charge on any atom is 0.327 e. The van der Waals surface area contributed by atoms with Crippen LogP contribution in [0.1, 0.15) is 18.5 Å². The van der Waals surface area contributed by atoms with Gasteiger partial charge in [0.2, 0.25) is 0 Å². The first-order valence-electron chi connectivity index (χ1n) is 5.70. The van der Waals surface area contributed by atoms with Gasteiger partial charge in [0.05, 0.1) is 20.3 Å². The molecule has 0 spiro atoms. The second kappa shape index (κ2) is 7.36. The fourth-order valence-electron chi connectivity index (χ4n) is 1.57. The SMILES string of the molecule is C#CCNC(C(=O)OC)c1cccc(OCC)c1. The van der Waals surface area contributed by atoms with Crippen molar-refractivity contribution in [1.29, 1.82) is 0 Å². The van der Waals surface area contributed by atoms with Gasteiger partial charge in [-0.1, -0.05) is 18.1 Å². The van der Waals surface area contributed by atoms with Crippen LogP contribution in [0, 0.1) is 12.3 Å². The van der Waals surface area contributed by atoms with Crippen LogP contribution < -0.4 is 10.1 Å². The monoisotopic (exact) mass is 247 g/mol. The van der Waals surface area contributed by atoms with Crippen molar-refractivity contribution >= 4 is 5.97 Å². The van der Waals surface area contributed by atoms with Crippen molar-refractivity contribution in [1.82, 2.24) is 5.32 Å². The molecule has 0 aliphatic rings. The minimum absolute atomic E-state index is 0.290. The molecule has 1 unspecified atom stereocenters. The van der Waals surface area contributed by atoms with Crippen molar-refractivity contribution in [3.63, 3.8) is 0 Å². The molecule has 1 N–H and O–H groups in total. The first kappa shape index (κ1) is 14.1. The highest BCUT2D eigenvalue weighted by molar-refractivity contribution is 5.77. The predicted octanol–water partition coefficient (Wildman–Crippen LogP) is 1.52. The number of hydrogen-bond donors (Lipinski definition) is 1. The van der Waals surface area contributed by atoms with Crippen LogP contribution in [0.15, 0.2) is 24.3 Å². The van der Waals surface area contributed by atoms with E-state index >= 15 is 0 Å². The number of benzene rings is 1. The average molecular weight is 247 g/mol. The number of esters is 1. The molecule has 4 nitrogen and oxygen atoms in total. The molecule has 0 radical (unpaired) electrons. The molecule has 0 saturated heterocycles. The van der Waals surface area contributed by atoms with Gasteiger partial charge in [-0.25, -0.2) is 4.79 Å². The Labute approximate surface area is 107 Å². The van der Waals surface area contributed by atoms with Crippen LogP contribution in [0.5, 0.6) is 5.75 Å². The maximum atomic E-state index is 11.7. The molecule has 4 heteroatoms. The molecule has 0 aromatic heterocycles. The molecule has 1 aromatic rings. The number of hydrogen-bond acceptors (Lipinski definition) is 4. The normalized spacial score (nSPS) is 11.4. The molecule has 1 atom stereocenters. The fourth-order valence-corrected chi connectivity index (χ4v) is 1.57. The average Bonchev–Trinajstić information content (AvgIpc) is 2.39. The number of methoxy groups -OCH3 is 1. The summed E-state index contributed by atoms with van der Waals surface area (Å²) in [5.41, 5.74) is 0.767. The van der Waals surface area contributed by atoms with Crippen LogP contribution in [-0.2, 0) is 9.53 Å². The Bertz CT molecular complexity index is 437. The fraction of sp³-hybridized carbons (Fsp3) is 0.357. The highest BCUT2D eigenvalue weighted by atomic mass is 16.5. The highest BCUT2D eigenvalue weighted by Gasteiger charge is 2.20. The molecule has 18 heavy (non-hydrogen) atoms. The van der Waals surface area contributed by atoms with Crippen LogP contribution in [0.25, 0.3) is 0 Å². The van der Waals surface area contributed by atoms with Crippen molar-refractivity contribution in [2.24, 2.45) is 0 Å². The summed E-state index contributed by atoms with van der Waals surface area (Å²) in [7, 11) is 1.35. The Morgan fingerprint density at radius 2 is 2.33 bits per heavy atom. The largest absolute Gasteiger partial charge is 0.494 e. The highest BCUT2D eigenvalue weighted by Crippen LogP contribution is 2.20. The van der Waals surface area contributed by atoms with E-state index in [9.17, 15) is 4.79 Å². The number of terminal acetylenes is 1. The lowest BCUT2D eigenvalue weighted by atomic mass is 10.1. The van der Waals surface area contributed by atoms with E-state index in [1.54, 1.807) is 6.07 Å². The van der Waals surface area contributed by atoms with E-state index in [0.717, 1.165) is 5.56 Å². The van der Waals surface area contributed by atoms with E-state index in [4.69, 9.17) is 15.9 Å². The van der Waals surface area contributed by atoms with Crippen LogP contribution in [-0.4, -0.2) is 26.2 Å². The van der Waals surface area contributed by atoms with E-state index in [0.29, 0.717) is 18.9 Å². The summed E-state index contributed by atoms with van der Waals surface area (Å²) in [5, 5.41) is 2.94. The zero-order chi connectivity index (χ0) is 13.4. The Morgan fingerprint density at radius 3 is 2.94 bits per heavy atom. The van der Waals surface area contributed by atoms with Crippen LogP contribution in [0.3, 0.4) is 0 Å². The van der Waals surface area contributed by atoms with Gasteiger partial charge in [0.15, 0.2) is 0 Å². The van der Waals surface area contributed by atoms with Crippen molar-refractivity contribution in [3.05, 3.63) is 29.8 Å². The minimum Gasteiger partial charge on any atom is -0.494 e. The molecule has 0 saturated carbocycles. The van der Waals surface area contributed by atoms with Gasteiger partial charge in [-0.15, -0.1) is 6.42 Å². The van der Waals surface area contributed by atoms with Crippen molar-refractivity contribution in [2.75, 3.05) is 20.3 Å². The summed E-state index contributed by atoms with van der Waals surface area (Å²) in [5.74, 6) is 2.77. The van der Waals surface area contributed by atoms with Crippen LogP contribution in [0.4, 0.5) is 0 Å². The van der Waals surface area contributed by atoms with Crippen LogP contribution >= 0.6 is 0 Å². The lowest BCUT2D eigenvalue weighted by molar-refractivity contribution is -0.143. The summed E-state index contributed by atoms with van der Waals surface area (Å²) >= 11 is 0. The zero-order valence-corrected chi connectivity index (χ0v) is 10.6. The molecule has 0 fully saturated rings. The molecule has 0 bridgehead atoms. The van der Waals surface area contributed by atoms with Gasteiger partial charge in [-0.2, -0.15) is 0 Å². The summed E-state index contributed by atoms with van der Waals surface area (Å²) in [6, 6.07) is 6.71. The smallest absolute Gasteiger partial charge is 0.327 e. The summed E-state index contributed by atoms with van der Waals surface area (Å²) in [4.78, 5) is 11.7. The topological polar surface area (TPSA) is 47.6 Å². The molecule has 0 heterocycles. The van der Waals surface area contributed by atoms with Crippen molar-refractivity contribution < 1.29 is 14.3 Å². The number of rotatable bonds is 6. The van der Waals surface area contributed by atoms with Crippen molar-refractivity contribution in [2.45, 2.75) is 13.0 Å².